The van der Waals surface area contributed by atoms with Gasteiger partial charge < -0.3 is 10.5 Å². The van der Waals surface area contributed by atoms with E-state index in [2.05, 4.69) is 31.2 Å². The van der Waals surface area contributed by atoms with Crippen LogP contribution in [0.5, 0.6) is 0 Å². The molecule has 0 unspecified atom stereocenters. The molecule has 1 aliphatic rings. The summed E-state index contributed by atoms with van der Waals surface area (Å²) in [6.07, 6.45) is 5.31. The molecule has 17 heavy (non-hydrogen) atoms. The van der Waals surface area contributed by atoms with Gasteiger partial charge in [0.25, 0.3) is 0 Å². The van der Waals surface area contributed by atoms with Crippen LogP contribution in [-0.4, -0.2) is 18.8 Å². The third-order valence-electron chi connectivity index (χ3n) is 3.59. The molecule has 1 aromatic carbocycles. The number of rotatable bonds is 6. The van der Waals surface area contributed by atoms with Gasteiger partial charge in [-0.1, -0.05) is 37.6 Å². The van der Waals surface area contributed by atoms with Crippen molar-refractivity contribution >= 4 is 0 Å². The lowest BCUT2D eigenvalue weighted by Crippen LogP contribution is -2.41. The van der Waals surface area contributed by atoms with E-state index in [0.29, 0.717) is 0 Å². The molecule has 0 heterocycles. The maximum atomic E-state index is 6.44. The fourth-order valence-corrected chi connectivity index (χ4v) is 2.52. The van der Waals surface area contributed by atoms with Gasteiger partial charge in [0, 0.05) is 18.8 Å². The zero-order valence-corrected chi connectivity index (χ0v) is 10.7. The van der Waals surface area contributed by atoms with Crippen LogP contribution in [0.4, 0.5) is 0 Å². The van der Waals surface area contributed by atoms with Gasteiger partial charge in [-0.15, -0.1) is 0 Å². The Hall–Kier alpha value is -0.860. The molecule has 1 aliphatic carbocycles. The van der Waals surface area contributed by atoms with Crippen LogP contribution in [0, 0.1) is 0 Å². The minimum Gasteiger partial charge on any atom is -0.381 e. The molecule has 2 N–H and O–H groups in total. The number of hydrogen-bond acceptors (Lipinski definition) is 2. The van der Waals surface area contributed by atoms with Gasteiger partial charge in [0.2, 0.25) is 0 Å². The van der Waals surface area contributed by atoms with E-state index < -0.39 is 0 Å². The summed E-state index contributed by atoms with van der Waals surface area (Å²) < 4.78 is 5.62. The summed E-state index contributed by atoms with van der Waals surface area (Å²) in [5, 5.41) is 0. The zero-order chi connectivity index (χ0) is 12.1. The molecule has 0 fully saturated rings. The SMILES string of the molecule is CCCCOCCC1(N)Cc2ccccc2C1. The lowest BCUT2D eigenvalue weighted by atomic mass is 9.93. The first-order valence-electron chi connectivity index (χ1n) is 6.67. The highest BCUT2D eigenvalue weighted by Gasteiger charge is 2.32. The molecule has 0 aliphatic heterocycles. The van der Waals surface area contributed by atoms with E-state index in [1.807, 2.05) is 0 Å². The smallest absolute Gasteiger partial charge is 0.0483 e. The second-order valence-corrected chi connectivity index (χ2v) is 5.20. The van der Waals surface area contributed by atoms with Crippen molar-refractivity contribution in [2.75, 3.05) is 13.2 Å². The Balaban J connectivity index is 1.79. The van der Waals surface area contributed by atoms with Crippen molar-refractivity contribution in [1.82, 2.24) is 0 Å². The van der Waals surface area contributed by atoms with Crippen molar-refractivity contribution in [2.24, 2.45) is 5.73 Å². The van der Waals surface area contributed by atoms with E-state index in [1.165, 1.54) is 17.5 Å². The lowest BCUT2D eigenvalue weighted by Gasteiger charge is -2.23. The van der Waals surface area contributed by atoms with Gasteiger partial charge >= 0.3 is 0 Å². The van der Waals surface area contributed by atoms with Crippen LogP contribution in [0.3, 0.4) is 0 Å². The fraction of sp³-hybridized carbons (Fsp3) is 0.600. The van der Waals surface area contributed by atoms with Crippen molar-refractivity contribution in [3.63, 3.8) is 0 Å². The van der Waals surface area contributed by atoms with E-state index in [-0.39, 0.29) is 5.54 Å². The lowest BCUT2D eigenvalue weighted by molar-refractivity contribution is 0.113. The van der Waals surface area contributed by atoms with Crippen LogP contribution in [0.1, 0.15) is 37.3 Å². The molecule has 94 valence electrons. The molecule has 1 aromatic rings. The molecule has 0 atom stereocenters. The standard InChI is InChI=1S/C15H23NO/c1-2-3-9-17-10-8-15(16)11-13-6-4-5-7-14(13)12-15/h4-7H,2-3,8-12,16H2,1H3. The topological polar surface area (TPSA) is 35.2 Å². The van der Waals surface area contributed by atoms with Crippen LogP contribution in [0.25, 0.3) is 0 Å². The molecule has 0 saturated carbocycles. The maximum absolute atomic E-state index is 6.44. The molecular formula is C15H23NO. The maximum Gasteiger partial charge on any atom is 0.0483 e. The van der Waals surface area contributed by atoms with Crippen molar-refractivity contribution in [2.45, 2.75) is 44.6 Å². The zero-order valence-electron chi connectivity index (χ0n) is 10.7. The Kier molecular flexibility index (Phi) is 4.19. The molecule has 0 radical (unpaired) electrons. The number of hydrogen-bond donors (Lipinski definition) is 1. The minimum absolute atomic E-state index is 0.0735. The van der Waals surface area contributed by atoms with Gasteiger partial charge in [-0.3, -0.25) is 0 Å². The van der Waals surface area contributed by atoms with E-state index in [1.54, 1.807) is 0 Å². The molecule has 0 spiro atoms. The Morgan fingerprint density at radius 1 is 1.18 bits per heavy atom. The number of ether oxygens (including phenoxy) is 1. The number of fused-ring (bicyclic) bond motifs is 1. The number of nitrogens with two attached hydrogens (primary N) is 1. The summed E-state index contributed by atoms with van der Waals surface area (Å²) in [6.45, 7) is 3.85. The first-order chi connectivity index (χ1) is 8.23. The Morgan fingerprint density at radius 2 is 1.82 bits per heavy atom. The molecule has 2 nitrogen and oxygen atoms in total. The Labute approximate surface area is 104 Å². The van der Waals surface area contributed by atoms with Gasteiger partial charge in [-0.05, 0) is 36.8 Å². The third-order valence-corrected chi connectivity index (χ3v) is 3.59. The Morgan fingerprint density at radius 3 is 2.41 bits per heavy atom. The summed E-state index contributed by atoms with van der Waals surface area (Å²) >= 11 is 0. The highest BCUT2D eigenvalue weighted by molar-refractivity contribution is 5.35. The van der Waals surface area contributed by atoms with Crippen LogP contribution in [0.15, 0.2) is 24.3 Å². The summed E-state index contributed by atoms with van der Waals surface area (Å²) in [7, 11) is 0. The molecule has 0 saturated heterocycles. The van der Waals surface area contributed by atoms with Crippen molar-refractivity contribution in [3.8, 4) is 0 Å². The molecule has 0 bridgehead atoms. The molecule has 0 aromatic heterocycles. The van der Waals surface area contributed by atoms with Gasteiger partial charge in [-0.25, -0.2) is 0 Å². The highest BCUT2D eigenvalue weighted by Crippen LogP contribution is 2.30. The quantitative estimate of drug-likeness (QED) is 0.767. The van der Waals surface area contributed by atoms with Gasteiger partial charge in [0.15, 0.2) is 0 Å². The average Bonchev–Trinajstić information content (AvgIpc) is 2.65. The van der Waals surface area contributed by atoms with Gasteiger partial charge in [-0.2, -0.15) is 0 Å². The highest BCUT2D eigenvalue weighted by atomic mass is 16.5. The van der Waals surface area contributed by atoms with Gasteiger partial charge in [0.1, 0.15) is 0 Å². The fourth-order valence-electron chi connectivity index (χ4n) is 2.52. The van der Waals surface area contributed by atoms with E-state index >= 15 is 0 Å². The molecule has 2 heteroatoms. The van der Waals surface area contributed by atoms with E-state index in [4.69, 9.17) is 10.5 Å². The third kappa shape index (κ3) is 3.30. The molecular weight excluding hydrogens is 210 g/mol. The number of unbranched alkanes of at least 4 members (excludes halogenated alkanes) is 1. The summed E-state index contributed by atoms with van der Waals surface area (Å²) in [6, 6.07) is 8.59. The van der Waals surface area contributed by atoms with Crippen LogP contribution in [-0.2, 0) is 17.6 Å². The van der Waals surface area contributed by atoms with E-state index in [0.717, 1.165) is 38.9 Å². The van der Waals surface area contributed by atoms with Crippen molar-refractivity contribution in [3.05, 3.63) is 35.4 Å². The van der Waals surface area contributed by atoms with Crippen molar-refractivity contribution < 1.29 is 4.74 Å². The van der Waals surface area contributed by atoms with Crippen LogP contribution >= 0.6 is 0 Å². The van der Waals surface area contributed by atoms with Crippen molar-refractivity contribution in [1.29, 1.82) is 0 Å². The first kappa shape index (κ1) is 12.6. The monoisotopic (exact) mass is 233 g/mol. The number of benzene rings is 1. The first-order valence-corrected chi connectivity index (χ1v) is 6.67. The predicted molar refractivity (Wildman–Crippen MR) is 71.1 cm³/mol. The molecule has 0 amide bonds. The summed E-state index contributed by atoms with van der Waals surface area (Å²) in [5.41, 5.74) is 9.21. The second kappa shape index (κ2) is 5.65. The van der Waals surface area contributed by atoms with Crippen LogP contribution < -0.4 is 5.73 Å². The second-order valence-electron chi connectivity index (χ2n) is 5.20. The average molecular weight is 233 g/mol. The van der Waals surface area contributed by atoms with Crippen LogP contribution in [0.2, 0.25) is 0 Å². The normalized spacial score (nSPS) is 17.1. The Bertz CT molecular complexity index is 337. The van der Waals surface area contributed by atoms with Gasteiger partial charge in [0.05, 0.1) is 0 Å². The van der Waals surface area contributed by atoms with E-state index in [9.17, 15) is 0 Å². The summed E-state index contributed by atoms with van der Waals surface area (Å²) in [4.78, 5) is 0. The largest absolute Gasteiger partial charge is 0.381 e. The molecule has 2 rings (SSSR count). The predicted octanol–water partition coefficient (Wildman–Crippen LogP) is 2.69. The minimum atomic E-state index is -0.0735. The summed E-state index contributed by atoms with van der Waals surface area (Å²) in [5.74, 6) is 0.